The summed E-state index contributed by atoms with van der Waals surface area (Å²) < 4.78 is 0. The molecule has 2 atom stereocenters. The van der Waals surface area contributed by atoms with Gasteiger partial charge in [0.2, 0.25) is 5.91 Å². The molecule has 0 spiro atoms. The number of nitrogens with zero attached hydrogens (tertiary/aromatic N) is 1. The van der Waals surface area contributed by atoms with Gasteiger partial charge in [-0.05, 0) is 43.9 Å². The standard InChI is InChI=1S/C19H27N3O3/c1-13(2)11-15(20)19(25)22(16-9-6-10-21-12-17(16)23)18(24)14-7-4-3-5-8-14/h3-5,7-8,13,15-16,21H,6,9-12,20H2,1-2H3/t15-,16?/m0/s1. The molecule has 25 heavy (non-hydrogen) atoms. The van der Waals surface area contributed by atoms with Gasteiger partial charge in [0.05, 0.1) is 18.6 Å². The third-order valence-electron chi connectivity index (χ3n) is 4.33. The van der Waals surface area contributed by atoms with Crippen LogP contribution in [0.15, 0.2) is 30.3 Å². The largest absolute Gasteiger partial charge is 0.320 e. The number of benzene rings is 1. The van der Waals surface area contributed by atoms with E-state index in [0.717, 1.165) is 11.3 Å². The smallest absolute Gasteiger partial charge is 0.261 e. The number of nitrogens with two attached hydrogens (primary N) is 1. The lowest BCUT2D eigenvalue weighted by atomic mass is 9.99. The van der Waals surface area contributed by atoms with Crippen LogP contribution in [0, 0.1) is 5.92 Å². The van der Waals surface area contributed by atoms with Gasteiger partial charge in [-0.2, -0.15) is 0 Å². The van der Waals surface area contributed by atoms with Gasteiger partial charge in [0, 0.05) is 5.56 Å². The summed E-state index contributed by atoms with van der Waals surface area (Å²) >= 11 is 0. The van der Waals surface area contributed by atoms with Crippen LogP contribution in [-0.2, 0) is 9.59 Å². The van der Waals surface area contributed by atoms with Crippen molar-refractivity contribution < 1.29 is 14.4 Å². The van der Waals surface area contributed by atoms with Gasteiger partial charge < -0.3 is 11.1 Å². The molecular weight excluding hydrogens is 318 g/mol. The van der Waals surface area contributed by atoms with Crippen molar-refractivity contribution in [2.24, 2.45) is 11.7 Å². The summed E-state index contributed by atoms with van der Waals surface area (Å²) in [5, 5.41) is 3.03. The van der Waals surface area contributed by atoms with Crippen molar-refractivity contribution in [3.05, 3.63) is 35.9 Å². The molecule has 0 aromatic heterocycles. The SMILES string of the molecule is CC(C)C[C@H](N)C(=O)N(C(=O)c1ccccc1)C1CCCNCC1=O. The number of hydrogen-bond donors (Lipinski definition) is 2. The first-order chi connectivity index (χ1) is 11.9. The minimum Gasteiger partial charge on any atom is -0.320 e. The topological polar surface area (TPSA) is 92.5 Å². The van der Waals surface area contributed by atoms with Gasteiger partial charge in [-0.3, -0.25) is 19.3 Å². The predicted octanol–water partition coefficient (Wildman–Crippen LogP) is 1.35. The van der Waals surface area contributed by atoms with E-state index in [1.54, 1.807) is 30.3 Å². The van der Waals surface area contributed by atoms with Crippen molar-refractivity contribution in [1.82, 2.24) is 10.2 Å². The highest BCUT2D eigenvalue weighted by atomic mass is 16.2. The molecule has 0 radical (unpaired) electrons. The van der Waals surface area contributed by atoms with Gasteiger partial charge >= 0.3 is 0 Å². The Hall–Kier alpha value is -2.05. The zero-order chi connectivity index (χ0) is 18.4. The summed E-state index contributed by atoms with van der Waals surface area (Å²) in [6.07, 6.45) is 1.66. The summed E-state index contributed by atoms with van der Waals surface area (Å²) in [4.78, 5) is 39.6. The van der Waals surface area contributed by atoms with E-state index in [9.17, 15) is 14.4 Å². The highest BCUT2D eigenvalue weighted by molar-refractivity contribution is 6.09. The number of carbonyl (C=O) groups is 3. The number of amides is 2. The van der Waals surface area contributed by atoms with Gasteiger partial charge in [0.15, 0.2) is 5.78 Å². The van der Waals surface area contributed by atoms with Gasteiger partial charge in [0.25, 0.3) is 5.91 Å². The molecule has 1 heterocycles. The predicted molar refractivity (Wildman–Crippen MR) is 95.9 cm³/mol. The lowest BCUT2D eigenvalue weighted by molar-refractivity contribution is -0.137. The first-order valence-electron chi connectivity index (χ1n) is 8.83. The van der Waals surface area contributed by atoms with E-state index in [0.29, 0.717) is 24.9 Å². The molecular formula is C19H27N3O3. The summed E-state index contributed by atoms with van der Waals surface area (Å²) in [6, 6.07) is 7.02. The molecule has 1 aliphatic rings. The average Bonchev–Trinajstić information content (AvgIpc) is 2.80. The Labute approximate surface area is 148 Å². The summed E-state index contributed by atoms with van der Waals surface area (Å²) in [5.74, 6) is -0.848. The van der Waals surface area contributed by atoms with E-state index in [4.69, 9.17) is 5.73 Å². The highest BCUT2D eigenvalue weighted by Gasteiger charge is 2.37. The molecule has 0 saturated carbocycles. The van der Waals surface area contributed by atoms with Gasteiger partial charge in [-0.25, -0.2) is 0 Å². The molecule has 0 bridgehead atoms. The Bertz CT molecular complexity index is 616. The Kier molecular flexibility index (Phi) is 6.84. The summed E-state index contributed by atoms with van der Waals surface area (Å²) in [7, 11) is 0. The molecule has 1 saturated heterocycles. The van der Waals surface area contributed by atoms with Crippen LogP contribution in [0.5, 0.6) is 0 Å². The maximum absolute atomic E-state index is 13.0. The van der Waals surface area contributed by atoms with E-state index in [1.165, 1.54) is 0 Å². The van der Waals surface area contributed by atoms with Crippen LogP contribution in [0.25, 0.3) is 0 Å². The number of imide groups is 1. The molecule has 0 aliphatic carbocycles. The quantitative estimate of drug-likeness (QED) is 0.840. The fourth-order valence-electron chi connectivity index (χ4n) is 3.09. The number of Topliss-reactive ketones (excluding diaryl/α,β-unsaturated/α-hetero) is 1. The first-order valence-corrected chi connectivity index (χ1v) is 8.83. The Balaban J connectivity index is 2.34. The van der Waals surface area contributed by atoms with E-state index < -0.39 is 23.9 Å². The lowest BCUT2D eigenvalue weighted by Crippen LogP contribution is -2.55. The van der Waals surface area contributed by atoms with Crippen molar-refractivity contribution in [3.63, 3.8) is 0 Å². The molecule has 6 heteroatoms. The second kappa shape index (κ2) is 8.87. The number of rotatable bonds is 5. The molecule has 1 aliphatic heterocycles. The van der Waals surface area contributed by atoms with Crippen LogP contribution in [0.4, 0.5) is 0 Å². The lowest BCUT2D eigenvalue weighted by Gasteiger charge is -2.31. The second-order valence-corrected chi connectivity index (χ2v) is 6.92. The Morgan fingerprint density at radius 2 is 1.96 bits per heavy atom. The van der Waals surface area contributed by atoms with Crippen LogP contribution in [0.2, 0.25) is 0 Å². The normalized spacial score (nSPS) is 19.4. The second-order valence-electron chi connectivity index (χ2n) is 6.92. The molecule has 2 amide bonds. The van der Waals surface area contributed by atoms with E-state index in [-0.39, 0.29) is 18.2 Å². The summed E-state index contributed by atoms with van der Waals surface area (Å²) in [6.45, 7) is 4.80. The third-order valence-corrected chi connectivity index (χ3v) is 4.33. The molecule has 136 valence electrons. The van der Waals surface area contributed by atoms with Crippen LogP contribution in [0.3, 0.4) is 0 Å². The molecule has 1 aromatic rings. The zero-order valence-corrected chi connectivity index (χ0v) is 14.9. The van der Waals surface area contributed by atoms with E-state index in [2.05, 4.69) is 5.32 Å². The van der Waals surface area contributed by atoms with Crippen LogP contribution in [0.1, 0.15) is 43.5 Å². The maximum atomic E-state index is 13.0. The Morgan fingerprint density at radius 1 is 1.28 bits per heavy atom. The molecule has 1 aromatic carbocycles. The van der Waals surface area contributed by atoms with Crippen molar-refractivity contribution in [2.75, 3.05) is 13.1 Å². The highest BCUT2D eigenvalue weighted by Crippen LogP contribution is 2.18. The van der Waals surface area contributed by atoms with Crippen LogP contribution in [-0.4, -0.2) is 47.7 Å². The summed E-state index contributed by atoms with van der Waals surface area (Å²) in [5.41, 5.74) is 6.44. The zero-order valence-electron chi connectivity index (χ0n) is 14.9. The van der Waals surface area contributed by atoms with Crippen LogP contribution >= 0.6 is 0 Å². The minimum atomic E-state index is -0.795. The van der Waals surface area contributed by atoms with Gasteiger partial charge in [0.1, 0.15) is 0 Å². The minimum absolute atomic E-state index is 0.146. The van der Waals surface area contributed by atoms with Gasteiger partial charge in [-0.15, -0.1) is 0 Å². The first kappa shape index (κ1) is 19.3. The molecule has 3 N–H and O–H groups in total. The van der Waals surface area contributed by atoms with Crippen LogP contribution < -0.4 is 11.1 Å². The third kappa shape index (κ3) is 4.96. The van der Waals surface area contributed by atoms with E-state index >= 15 is 0 Å². The number of hydrogen-bond acceptors (Lipinski definition) is 5. The molecule has 2 rings (SSSR count). The number of carbonyl (C=O) groups excluding carboxylic acids is 3. The molecule has 6 nitrogen and oxygen atoms in total. The maximum Gasteiger partial charge on any atom is 0.261 e. The van der Waals surface area contributed by atoms with Crippen molar-refractivity contribution >= 4 is 17.6 Å². The number of nitrogens with one attached hydrogen (secondary N) is 1. The number of ketones is 1. The van der Waals surface area contributed by atoms with E-state index in [1.807, 2.05) is 13.8 Å². The monoisotopic (exact) mass is 345 g/mol. The average molecular weight is 345 g/mol. The fourth-order valence-corrected chi connectivity index (χ4v) is 3.09. The molecule has 1 fully saturated rings. The Morgan fingerprint density at radius 3 is 2.60 bits per heavy atom. The van der Waals surface area contributed by atoms with Crippen molar-refractivity contribution in [1.29, 1.82) is 0 Å². The van der Waals surface area contributed by atoms with Gasteiger partial charge in [-0.1, -0.05) is 32.0 Å². The fraction of sp³-hybridized carbons (Fsp3) is 0.526. The van der Waals surface area contributed by atoms with Crippen molar-refractivity contribution in [2.45, 2.75) is 45.2 Å². The molecule has 1 unspecified atom stereocenters. The van der Waals surface area contributed by atoms with Crippen molar-refractivity contribution in [3.8, 4) is 0 Å².